The number of benzene rings is 1. The largest absolute Gasteiger partial charge is 0.346 e. The summed E-state index contributed by atoms with van der Waals surface area (Å²) >= 11 is 1.30. The molecular formula is C16H11F2N5S. The standard InChI is InChI=1S/C16H11F2N5S/c17-10-5-11(18)14-12(6-10)24-16(19-14)22-7-9(8-22)15-21-20-13-3-1-2-4-23(13)15/h1-6,9H,7-8H2. The van der Waals surface area contributed by atoms with Crippen LogP contribution in [-0.2, 0) is 0 Å². The third-order valence-corrected chi connectivity index (χ3v) is 5.32. The quantitative estimate of drug-likeness (QED) is 0.561. The molecule has 1 saturated heterocycles. The van der Waals surface area contributed by atoms with Crippen LogP contribution in [0.25, 0.3) is 15.9 Å². The average Bonchev–Trinajstić information content (AvgIpc) is 3.11. The highest BCUT2D eigenvalue weighted by atomic mass is 32.1. The normalized spacial score (nSPS) is 15.3. The van der Waals surface area contributed by atoms with Gasteiger partial charge in [-0.05, 0) is 18.2 Å². The van der Waals surface area contributed by atoms with Gasteiger partial charge in [-0.3, -0.25) is 4.40 Å². The van der Waals surface area contributed by atoms with E-state index in [0.29, 0.717) is 9.83 Å². The van der Waals surface area contributed by atoms with Crippen molar-refractivity contribution in [1.82, 2.24) is 19.6 Å². The van der Waals surface area contributed by atoms with E-state index in [2.05, 4.69) is 20.1 Å². The van der Waals surface area contributed by atoms with Crippen molar-refractivity contribution in [1.29, 1.82) is 0 Å². The van der Waals surface area contributed by atoms with Gasteiger partial charge in [-0.1, -0.05) is 17.4 Å². The minimum Gasteiger partial charge on any atom is -0.346 e. The van der Waals surface area contributed by atoms with Crippen LogP contribution in [0.3, 0.4) is 0 Å². The number of thiazole rings is 1. The molecule has 3 aromatic heterocycles. The molecule has 120 valence electrons. The summed E-state index contributed by atoms with van der Waals surface area (Å²) < 4.78 is 29.6. The first kappa shape index (κ1) is 13.8. The van der Waals surface area contributed by atoms with Gasteiger partial charge in [0.15, 0.2) is 16.6 Å². The molecular weight excluding hydrogens is 332 g/mol. The number of rotatable bonds is 2. The number of anilines is 1. The Hall–Kier alpha value is -2.61. The lowest BCUT2D eigenvalue weighted by molar-refractivity contribution is 0.496. The molecule has 1 fully saturated rings. The van der Waals surface area contributed by atoms with Crippen molar-refractivity contribution in [2.75, 3.05) is 18.0 Å². The van der Waals surface area contributed by atoms with Gasteiger partial charge in [-0.25, -0.2) is 13.8 Å². The molecule has 0 aliphatic carbocycles. The number of hydrogen-bond donors (Lipinski definition) is 0. The van der Waals surface area contributed by atoms with Gasteiger partial charge in [0.1, 0.15) is 17.2 Å². The topological polar surface area (TPSA) is 46.3 Å². The average molecular weight is 343 g/mol. The fourth-order valence-electron chi connectivity index (χ4n) is 3.02. The van der Waals surface area contributed by atoms with E-state index in [1.165, 1.54) is 17.4 Å². The molecule has 5 nitrogen and oxygen atoms in total. The second-order valence-corrected chi connectivity index (χ2v) is 6.83. The van der Waals surface area contributed by atoms with Crippen molar-refractivity contribution in [3.05, 3.63) is 54.0 Å². The summed E-state index contributed by atoms with van der Waals surface area (Å²) in [6, 6.07) is 7.98. The first-order valence-electron chi connectivity index (χ1n) is 7.49. The maximum atomic E-state index is 13.8. The minimum absolute atomic E-state index is 0.229. The molecule has 1 aromatic carbocycles. The molecule has 0 spiro atoms. The van der Waals surface area contributed by atoms with Crippen LogP contribution >= 0.6 is 11.3 Å². The molecule has 24 heavy (non-hydrogen) atoms. The highest BCUT2D eigenvalue weighted by Gasteiger charge is 2.33. The molecule has 5 rings (SSSR count). The van der Waals surface area contributed by atoms with Crippen molar-refractivity contribution in [2.45, 2.75) is 5.92 Å². The molecule has 1 aliphatic rings. The molecule has 4 aromatic rings. The molecule has 0 N–H and O–H groups in total. The van der Waals surface area contributed by atoms with Crippen LogP contribution in [0.15, 0.2) is 36.5 Å². The van der Waals surface area contributed by atoms with Gasteiger partial charge in [0.05, 0.1) is 10.6 Å². The van der Waals surface area contributed by atoms with Gasteiger partial charge in [-0.2, -0.15) is 0 Å². The second-order valence-electron chi connectivity index (χ2n) is 5.82. The number of aromatic nitrogens is 4. The Balaban J connectivity index is 1.42. The van der Waals surface area contributed by atoms with Crippen molar-refractivity contribution < 1.29 is 8.78 Å². The van der Waals surface area contributed by atoms with Crippen LogP contribution in [0.2, 0.25) is 0 Å². The van der Waals surface area contributed by atoms with E-state index in [9.17, 15) is 8.78 Å². The van der Waals surface area contributed by atoms with Crippen LogP contribution in [-0.4, -0.2) is 32.7 Å². The first-order valence-corrected chi connectivity index (χ1v) is 8.31. The second kappa shape index (κ2) is 4.94. The van der Waals surface area contributed by atoms with Crippen molar-refractivity contribution >= 4 is 32.3 Å². The molecule has 0 atom stereocenters. The Morgan fingerprint density at radius 2 is 2.00 bits per heavy atom. The summed E-state index contributed by atoms with van der Waals surface area (Å²) in [7, 11) is 0. The molecule has 4 heterocycles. The van der Waals surface area contributed by atoms with Gasteiger partial charge in [0, 0.05) is 25.4 Å². The van der Waals surface area contributed by atoms with Gasteiger partial charge < -0.3 is 4.90 Å². The van der Waals surface area contributed by atoms with E-state index in [1.54, 1.807) is 0 Å². The summed E-state index contributed by atoms with van der Waals surface area (Å²) in [4.78, 5) is 6.37. The van der Waals surface area contributed by atoms with E-state index in [4.69, 9.17) is 0 Å². The lowest BCUT2D eigenvalue weighted by Crippen LogP contribution is -2.45. The number of nitrogens with zero attached hydrogens (tertiary/aromatic N) is 5. The summed E-state index contributed by atoms with van der Waals surface area (Å²) in [6.45, 7) is 1.47. The monoisotopic (exact) mass is 343 g/mol. The van der Waals surface area contributed by atoms with Gasteiger partial charge in [0.2, 0.25) is 0 Å². The van der Waals surface area contributed by atoms with Crippen molar-refractivity contribution in [3.8, 4) is 0 Å². The summed E-state index contributed by atoms with van der Waals surface area (Å²) in [5, 5.41) is 9.15. The lowest BCUT2D eigenvalue weighted by atomic mass is 10.0. The van der Waals surface area contributed by atoms with E-state index in [-0.39, 0.29) is 11.4 Å². The zero-order valence-electron chi connectivity index (χ0n) is 12.4. The van der Waals surface area contributed by atoms with E-state index in [1.807, 2.05) is 28.8 Å². The van der Waals surface area contributed by atoms with Gasteiger partial charge in [0.25, 0.3) is 0 Å². The fourth-order valence-corrected chi connectivity index (χ4v) is 4.04. The number of fused-ring (bicyclic) bond motifs is 2. The SMILES string of the molecule is Fc1cc(F)c2nc(N3CC(c4nnc5ccccn45)C3)sc2c1. The van der Waals surface area contributed by atoms with Crippen molar-refractivity contribution in [2.24, 2.45) is 0 Å². The van der Waals surface area contributed by atoms with Crippen LogP contribution in [0.1, 0.15) is 11.7 Å². The molecule has 0 bridgehead atoms. The zero-order chi connectivity index (χ0) is 16.3. The Kier molecular flexibility index (Phi) is 2.84. The van der Waals surface area contributed by atoms with E-state index >= 15 is 0 Å². The molecule has 8 heteroatoms. The van der Waals surface area contributed by atoms with Crippen LogP contribution in [0, 0.1) is 11.6 Å². The highest BCUT2D eigenvalue weighted by molar-refractivity contribution is 7.22. The van der Waals surface area contributed by atoms with E-state index in [0.717, 1.165) is 30.6 Å². The van der Waals surface area contributed by atoms with Gasteiger partial charge in [-0.15, -0.1) is 10.2 Å². The maximum absolute atomic E-state index is 13.8. The zero-order valence-corrected chi connectivity index (χ0v) is 13.2. The molecule has 1 aliphatic heterocycles. The predicted molar refractivity (Wildman–Crippen MR) is 87.5 cm³/mol. The minimum atomic E-state index is -0.618. The number of halogens is 2. The third kappa shape index (κ3) is 1.99. The van der Waals surface area contributed by atoms with Gasteiger partial charge >= 0.3 is 0 Å². The third-order valence-electron chi connectivity index (χ3n) is 4.26. The van der Waals surface area contributed by atoms with E-state index < -0.39 is 11.6 Å². The lowest BCUT2D eigenvalue weighted by Gasteiger charge is -2.37. The Bertz CT molecular complexity index is 1070. The molecule has 0 amide bonds. The highest BCUT2D eigenvalue weighted by Crippen LogP contribution is 2.36. The molecule has 0 saturated carbocycles. The Morgan fingerprint density at radius 1 is 1.12 bits per heavy atom. The Labute approximate surface area is 139 Å². The summed E-state index contributed by atoms with van der Waals surface area (Å²) in [6.07, 6.45) is 1.95. The van der Waals surface area contributed by atoms with Crippen LogP contribution < -0.4 is 4.90 Å². The molecule has 0 radical (unpaired) electrons. The van der Waals surface area contributed by atoms with Crippen molar-refractivity contribution in [3.63, 3.8) is 0 Å². The number of pyridine rings is 1. The first-order chi connectivity index (χ1) is 11.7. The van der Waals surface area contributed by atoms with Crippen LogP contribution in [0.5, 0.6) is 0 Å². The number of hydrogen-bond acceptors (Lipinski definition) is 5. The Morgan fingerprint density at radius 3 is 2.88 bits per heavy atom. The van der Waals surface area contributed by atoms with Crippen LogP contribution in [0.4, 0.5) is 13.9 Å². The molecule has 0 unspecified atom stereocenters. The fraction of sp³-hybridized carbons (Fsp3) is 0.188. The summed E-state index contributed by atoms with van der Waals surface area (Å²) in [5.41, 5.74) is 1.05. The predicted octanol–water partition coefficient (Wildman–Crippen LogP) is 3.22. The maximum Gasteiger partial charge on any atom is 0.186 e. The smallest absolute Gasteiger partial charge is 0.186 e. The summed E-state index contributed by atoms with van der Waals surface area (Å²) in [5.74, 6) is -0.0316.